The summed E-state index contributed by atoms with van der Waals surface area (Å²) in [6.45, 7) is 5.12. The molecular weight excluding hydrogens is 358 g/mol. The van der Waals surface area contributed by atoms with Crippen LogP contribution in [-0.4, -0.2) is 42.0 Å². The molecule has 0 aromatic heterocycles. The van der Waals surface area contributed by atoms with Gasteiger partial charge in [0.25, 0.3) is 5.91 Å². The van der Waals surface area contributed by atoms with Gasteiger partial charge in [0.2, 0.25) is 0 Å². The van der Waals surface area contributed by atoms with Gasteiger partial charge in [0.05, 0.1) is 6.61 Å². The summed E-state index contributed by atoms with van der Waals surface area (Å²) in [5.41, 5.74) is 1.84. The summed E-state index contributed by atoms with van der Waals surface area (Å²) in [5, 5.41) is 11.8. The van der Waals surface area contributed by atoms with Gasteiger partial charge < -0.3 is 15.2 Å². The summed E-state index contributed by atoms with van der Waals surface area (Å²) in [7, 11) is 0. The molecule has 0 aliphatic rings. The first-order valence-corrected chi connectivity index (χ1v) is 8.99. The van der Waals surface area contributed by atoms with Gasteiger partial charge >= 0.3 is 5.97 Å². The van der Waals surface area contributed by atoms with Gasteiger partial charge in [-0.1, -0.05) is 63.2 Å². The van der Waals surface area contributed by atoms with Gasteiger partial charge in [0.15, 0.2) is 18.4 Å². The molecule has 2 aromatic rings. The van der Waals surface area contributed by atoms with Crippen molar-refractivity contribution in [3.8, 4) is 0 Å². The minimum atomic E-state index is -1.25. The van der Waals surface area contributed by atoms with Crippen LogP contribution < -0.4 is 5.32 Å². The third kappa shape index (κ3) is 5.76. The first kappa shape index (κ1) is 21.3. The van der Waals surface area contributed by atoms with Gasteiger partial charge in [-0.2, -0.15) is 0 Å². The summed E-state index contributed by atoms with van der Waals surface area (Å²) in [4.78, 5) is 36.4. The Labute approximate surface area is 164 Å². The molecule has 1 amide bonds. The Morgan fingerprint density at radius 3 is 2.11 bits per heavy atom. The number of aliphatic hydroxyl groups is 1. The molecule has 0 spiro atoms. The summed E-state index contributed by atoms with van der Waals surface area (Å²) in [6, 6.07) is 14.2. The molecule has 6 nitrogen and oxygen atoms in total. The fraction of sp³-hybridized carbons (Fsp3) is 0.318. The molecule has 2 rings (SSSR count). The topological polar surface area (TPSA) is 92.7 Å². The lowest BCUT2D eigenvalue weighted by Gasteiger charge is -2.19. The number of carbonyl (C=O) groups excluding carboxylic acids is 3. The quantitative estimate of drug-likeness (QED) is 0.566. The average Bonchev–Trinajstić information content (AvgIpc) is 2.69. The molecule has 0 heterocycles. The Kier molecular flexibility index (Phi) is 7.06. The zero-order valence-electron chi connectivity index (χ0n) is 16.3. The van der Waals surface area contributed by atoms with Crippen molar-refractivity contribution in [1.29, 1.82) is 0 Å². The van der Waals surface area contributed by atoms with Crippen LogP contribution in [0, 0.1) is 0 Å². The van der Waals surface area contributed by atoms with E-state index in [2.05, 4.69) is 26.1 Å². The normalized spacial score (nSPS) is 12.1. The summed E-state index contributed by atoms with van der Waals surface area (Å²) >= 11 is 0. The van der Waals surface area contributed by atoms with Gasteiger partial charge in [0.1, 0.15) is 0 Å². The highest BCUT2D eigenvalue weighted by molar-refractivity contribution is 5.99. The van der Waals surface area contributed by atoms with Crippen LogP contribution in [0.3, 0.4) is 0 Å². The standard InChI is InChI=1S/C22H25NO5/c1-22(2,3)17-11-9-15(10-12-17)19(25)14-28-21(27)18(13-24)23-20(26)16-7-5-4-6-8-16/h4-12,18,24H,13-14H2,1-3H3,(H,23,26). The average molecular weight is 383 g/mol. The van der Waals surface area contributed by atoms with Crippen molar-refractivity contribution in [3.05, 3.63) is 71.3 Å². The van der Waals surface area contributed by atoms with E-state index in [1.807, 2.05) is 12.1 Å². The lowest BCUT2D eigenvalue weighted by molar-refractivity contribution is -0.145. The molecule has 0 fully saturated rings. The molecule has 0 bridgehead atoms. The predicted octanol–water partition coefficient (Wildman–Crippen LogP) is 2.50. The molecule has 2 aromatic carbocycles. The first-order valence-electron chi connectivity index (χ1n) is 8.99. The number of rotatable bonds is 7. The van der Waals surface area contributed by atoms with Gasteiger partial charge in [-0.3, -0.25) is 9.59 Å². The van der Waals surface area contributed by atoms with Crippen LogP contribution in [0.4, 0.5) is 0 Å². The van der Waals surface area contributed by atoms with Gasteiger partial charge in [-0.05, 0) is 23.1 Å². The maximum absolute atomic E-state index is 12.2. The van der Waals surface area contributed by atoms with Crippen molar-refractivity contribution in [2.45, 2.75) is 32.2 Å². The molecule has 0 radical (unpaired) electrons. The molecule has 0 aliphatic carbocycles. The highest BCUT2D eigenvalue weighted by Gasteiger charge is 2.23. The number of amides is 1. The fourth-order valence-electron chi connectivity index (χ4n) is 2.49. The number of ether oxygens (including phenoxy) is 1. The van der Waals surface area contributed by atoms with E-state index < -0.39 is 31.1 Å². The molecule has 1 unspecified atom stereocenters. The van der Waals surface area contributed by atoms with Crippen LogP contribution in [0.15, 0.2) is 54.6 Å². The lowest BCUT2D eigenvalue weighted by atomic mass is 9.86. The maximum atomic E-state index is 12.2. The molecule has 6 heteroatoms. The monoisotopic (exact) mass is 383 g/mol. The zero-order chi connectivity index (χ0) is 20.7. The second kappa shape index (κ2) is 9.28. The minimum Gasteiger partial charge on any atom is -0.456 e. The van der Waals surface area contributed by atoms with Gasteiger partial charge in [-0.25, -0.2) is 4.79 Å². The fourth-order valence-corrected chi connectivity index (χ4v) is 2.49. The van der Waals surface area contributed by atoms with E-state index in [4.69, 9.17) is 4.74 Å². The van der Waals surface area contributed by atoms with Crippen LogP contribution in [0.1, 0.15) is 47.1 Å². The minimum absolute atomic E-state index is 0.0284. The number of hydrogen-bond donors (Lipinski definition) is 2. The van der Waals surface area contributed by atoms with Crippen LogP contribution in [0.25, 0.3) is 0 Å². The molecular formula is C22H25NO5. The summed E-state index contributed by atoms with van der Waals surface area (Å²) in [5.74, 6) is -1.74. The number of aliphatic hydroxyl groups excluding tert-OH is 1. The number of esters is 1. The highest BCUT2D eigenvalue weighted by Crippen LogP contribution is 2.22. The molecule has 2 N–H and O–H groups in total. The Morgan fingerprint density at radius 2 is 1.57 bits per heavy atom. The second-order valence-corrected chi connectivity index (χ2v) is 7.43. The third-order valence-electron chi connectivity index (χ3n) is 4.23. The summed E-state index contributed by atoms with van der Waals surface area (Å²) < 4.78 is 4.98. The number of benzene rings is 2. The van der Waals surface area contributed by atoms with Gasteiger partial charge in [0, 0.05) is 11.1 Å². The second-order valence-electron chi connectivity index (χ2n) is 7.43. The Morgan fingerprint density at radius 1 is 0.964 bits per heavy atom. The highest BCUT2D eigenvalue weighted by atomic mass is 16.5. The Hall–Kier alpha value is -2.99. The number of ketones is 1. The first-order chi connectivity index (χ1) is 13.2. The van der Waals surface area contributed by atoms with E-state index in [0.29, 0.717) is 11.1 Å². The number of nitrogens with one attached hydrogen (secondary N) is 1. The van der Waals surface area contributed by atoms with E-state index >= 15 is 0 Å². The SMILES string of the molecule is CC(C)(C)c1ccc(C(=O)COC(=O)C(CO)NC(=O)c2ccccc2)cc1. The van der Waals surface area contributed by atoms with Crippen molar-refractivity contribution in [2.24, 2.45) is 0 Å². The van der Waals surface area contributed by atoms with Gasteiger partial charge in [-0.15, -0.1) is 0 Å². The van der Waals surface area contributed by atoms with Crippen molar-refractivity contribution in [1.82, 2.24) is 5.32 Å². The maximum Gasteiger partial charge on any atom is 0.331 e. The number of hydrogen-bond acceptors (Lipinski definition) is 5. The van der Waals surface area contributed by atoms with Crippen LogP contribution in [0.2, 0.25) is 0 Å². The molecule has 0 saturated heterocycles. The zero-order valence-corrected chi connectivity index (χ0v) is 16.3. The molecule has 0 aliphatic heterocycles. The Balaban J connectivity index is 1.92. The molecule has 0 saturated carbocycles. The summed E-state index contributed by atoms with van der Waals surface area (Å²) in [6.07, 6.45) is 0. The van der Waals surface area contributed by atoms with Crippen molar-refractivity contribution >= 4 is 17.7 Å². The van der Waals surface area contributed by atoms with E-state index in [1.54, 1.807) is 42.5 Å². The van der Waals surface area contributed by atoms with E-state index in [0.717, 1.165) is 5.56 Å². The Bertz CT molecular complexity index is 822. The number of carbonyl (C=O) groups is 3. The van der Waals surface area contributed by atoms with Crippen molar-refractivity contribution in [3.63, 3.8) is 0 Å². The molecule has 1 atom stereocenters. The third-order valence-corrected chi connectivity index (χ3v) is 4.23. The predicted molar refractivity (Wildman–Crippen MR) is 105 cm³/mol. The van der Waals surface area contributed by atoms with E-state index in [-0.39, 0.29) is 11.2 Å². The van der Waals surface area contributed by atoms with Crippen LogP contribution in [0.5, 0.6) is 0 Å². The largest absolute Gasteiger partial charge is 0.456 e. The van der Waals surface area contributed by atoms with E-state index in [1.165, 1.54) is 0 Å². The van der Waals surface area contributed by atoms with E-state index in [9.17, 15) is 19.5 Å². The van der Waals surface area contributed by atoms with Crippen LogP contribution in [-0.2, 0) is 14.9 Å². The molecule has 28 heavy (non-hydrogen) atoms. The number of Topliss-reactive ketones (excluding diaryl/α,β-unsaturated/α-hetero) is 1. The lowest BCUT2D eigenvalue weighted by Crippen LogP contribution is -2.44. The van der Waals surface area contributed by atoms with Crippen molar-refractivity contribution < 1.29 is 24.2 Å². The van der Waals surface area contributed by atoms with Crippen LogP contribution >= 0.6 is 0 Å². The smallest absolute Gasteiger partial charge is 0.331 e. The van der Waals surface area contributed by atoms with Crippen molar-refractivity contribution in [2.75, 3.05) is 13.2 Å². The molecule has 148 valence electrons.